The van der Waals surface area contributed by atoms with E-state index in [1.54, 1.807) is 0 Å². The third-order valence-corrected chi connectivity index (χ3v) is 3.39. The lowest BCUT2D eigenvalue weighted by molar-refractivity contribution is 0.234. The van der Waals surface area contributed by atoms with E-state index in [1.165, 1.54) is 0 Å². The number of rotatable bonds is 5. The van der Waals surface area contributed by atoms with Gasteiger partial charge in [-0.1, -0.05) is 12.0 Å². The van der Waals surface area contributed by atoms with Gasteiger partial charge in [-0.2, -0.15) is 0 Å². The fourth-order valence-corrected chi connectivity index (χ4v) is 2.35. The van der Waals surface area contributed by atoms with Crippen molar-refractivity contribution in [3.05, 3.63) is 5.89 Å². The molecule has 0 aromatic carbocycles. The van der Waals surface area contributed by atoms with E-state index in [2.05, 4.69) is 15.5 Å². The monoisotopic (exact) mass is 254 g/mol. The van der Waals surface area contributed by atoms with Crippen LogP contribution >= 0.6 is 0 Å². The van der Waals surface area contributed by atoms with Gasteiger partial charge in [0.25, 0.3) is 0 Å². The van der Waals surface area contributed by atoms with Crippen molar-refractivity contribution in [2.45, 2.75) is 45.2 Å². The Kier molecular flexibility index (Phi) is 4.54. The molecule has 2 atom stereocenters. The second-order valence-corrected chi connectivity index (χ2v) is 4.73. The van der Waals surface area contributed by atoms with Gasteiger partial charge in [-0.3, -0.25) is 0 Å². The number of anilines is 1. The van der Waals surface area contributed by atoms with E-state index in [4.69, 9.17) is 4.42 Å². The predicted octanol–water partition coefficient (Wildman–Crippen LogP) is 1.09. The molecule has 18 heavy (non-hydrogen) atoms. The van der Waals surface area contributed by atoms with Crippen LogP contribution in [0.3, 0.4) is 0 Å². The van der Waals surface area contributed by atoms with Gasteiger partial charge in [-0.15, -0.1) is 5.10 Å². The van der Waals surface area contributed by atoms with Crippen molar-refractivity contribution < 1.29 is 9.52 Å². The van der Waals surface area contributed by atoms with Crippen LogP contribution in [0.2, 0.25) is 0 Å². The zero-order chi connectivity index (χ0) is 13.0. The third-order valence-electron chi connectivity index (χ3n) is 3.39. The van der Waals surface area contributed by atoms with Crippen LogP contribution in [0.1, 0.15) is 45.0 Å². The molecule has 0 saturated carbocycles. The smallest absolute Gasteiger partial charge is 0.318 e. The molecule has 2 unspecified atom stereocenters. The fraction of sp³-hybridized carbons (Fsp3) is 0.833. The minimum Gasteiger partial charge on any atom is -0.406 e. The number of aromatic nitrogens is 2. The quantitative estimate of drug-likeness (QED) is 0.819. The standard InChI is InChI=1S/C12H22N4O2/c1-3-13-9(2)11-14-15-12(18-11)16-7-5-4-6-10(16)8-17/h9-10,13,17H,3-8H2,1-2H3. The number of hydrogen-bond acceptors (Lipinski definition) is 6. The number of hydrogen-bond donors (Lipinski definition) is 2. The van der Waals surface area contributed by atoms with Crippen LogP contribution in [0.4, 0.5) is 6.01 Å². The zero-order valence-electron chi connectivity index (χ0n) is 11.1. The lowest BCUT2D eigenvalue weighted by Gasteiger charge is -2.32. The normalized spacial score (nSPS) is 22.2. The molecule has 1 aliphatic rings. The molecule has 0 amide bonds. The first-order valence-electron chi connectivity index (χ1n) is 6.70. The molecule has 1 fully saturated rings. The largest absolute Gasteiger partial charge is 0.406 e. The molecule has 6 nitrogen and oxygen atoms in total. The summed E-state index contributed by atoms with van der Waals surface area (Å²) < 4.78 is 5.70. The molecule has 0 aliphatic carbocycles. The summed E-state index contributed by atoms with van der Waals surface area (Å²) in [5.74, 6) is 0.606. The zero-order valence-corrected chi connectivity index (χ0v) is 11.1. The van der Waals surface area contributed by atoms with E-state index < -0.39 is 0 Å². The maximum absolute atomic E-state index is 9.38. The lowest BCUT2D eigenvalue weighted by atomic mass is 10.0. The number of nitrogens with zero attached hydrogens (tertiary/aromatic N) is 3. The molecule has 102 valence electrons. The van der Waals surface area contributed by atoms with Crippen LogP contribution in [0.25, 0.3) is 0 Å². The van der Waals surface area contributed by atoms with Gasteiger partial charge in [-0.25, -0.2) is 0 Å². The summed E-state index contributed by atoms with van der Waals surface area (Å²) in [6.45, 7) is 5.92. The van der Waals surface area contributed by atoms with E-state index in [9.17, 15) is 5.11 Å². The first kappa shape index (κ1) is 13.3. The van der Waals surface area contributed by atoms with Gasteiger partial charge < -0.3 is 19.7 Å². The van der Waals surface area contributed by atoms with Crippen LogP contribution < -0.4 is 10.2 Å². The second kappa shape index (κ2) is 6.15. The summed E-state index contributed by atoms with van der Waals surface area (Å²) in [6, 6.07) is 0.712. The molecule has 1 aromatic rings. The van der Waals surface area contributed by atoms with Gasteiger partial charge in [-0.05, 0) is 32.7 Å². The van der Waals surface area contributed by atoms with Crippen molar-refractivity contribution in [1.82, 2.24) is 15.5 Å². The van der Waals surface area contributed by atoms with Crippen LogP contribution in [0, 0.1) is 0 Å². The van der Waals surface area contributed by atoms with Crippen molar-refractivity contribution in [2.75, 3.05) is 24.6 Å². The highest BCUT2D eigenvalue weighted by molar-refractivity contribution is 5.27. The minimum atomic E-state index is 0.0635. The summed E-state index contributed by atoms with van der Waals surface area (Å²) in [4.78, 5) is 2.03. The molecule has 1 saturated heterocycles. The Hall–Kier alpha value is -1.14. The van der Waals surface area contributed by atoms with Crippen molar-refractivity contribution in [3.8, 4) is 0 Å². The molecule has 2 N–H and O–H groups in total. The van der Waals surface area contributed by atoms with Crippen LogP contribution in [0.15, 0.2) is 4.42 Å². The van der Waals surface area contributed by atoms with Crippen molar-refractivity contribution in [2.24, 2.45) is 0 Å². The minimum absolute atomic E-state index is 0.0635. The van der Waals surface area contributed by atoms with E-state index in [1.807, 2.05) is 18.7 Å². The molecule has 2 heterocycles. The summed E-state index contributed by atoms with van der Waals surface area (Å²) in [6.07, 6.45) is 3.24. The maximum Gasteiger partial charge on any atom is 0.318 e. The van der Waals surface area contributed by atoms with Crippen LogP contribution in [0.5, 0.6) is 0 Å². The Morgan fingerprint density at radius 3 is 3.06 bits per heavy atom. The molecule has 0 spiro atoms. The number of nitrogens with one attached hydrogen (secondary N) is 1. The van der Waals surface area contributed by atoms with Crippen molar-refractivity contribution >= 4 is 6.01 Å². The van der Waals surface area contributed by atoms with Gasteiger partial charge in [0.05, 0.1) is 18.7 Å². The van der Waals surface area contributed by atoms with Gasteiger partial charge >= 0.3 is 6.01 Å². The Labute approximate surface area is 107 Å². The Bertz CT molecular complexity index is 369. The van der Waals surface area contributed by atoms with Crippen LogP contribution in [-0.4, -0.2) is 41.0 Å². The molecule has 0 bridgehead atoms. The van der Waals surface area contributed by atoms with E-state index in [0.717, 1.165) is 32.4 Å². The molecular weight excluding hydrogens is 232 g/mol. The van der Waals surface area contributed by atoms with Crippen molar-refractivity contribution in [3.63, 3.8) is 0 Å². The fourth-order valence-electron chi connectivity index (χ4n) is 2.35. The Morgan fingerprint density at radius 2 is 2.33 bits per heavy atom. The summed E-state index contributed by atoms with van der Waals surface area (Å²) in [5, 5.41) is 20.8. The average molecular weight is 254 g/mol. The van der Waals surface area contributed by atoms with E-state index in [-0.39, 0.29) is 18.7 Å². The summed E-state index contributed by atoms with van der Waals surface area (Å²) >= 11 is 0. The molecule has 0 radical (unpaired) electrons. The average Bonchev–Trinajstić information content (AvgIpc) is 2.88. The van der Waals surface area contributed by atoms with Gasteiger partial charge in [0, 0.05) is 6.54 Å². The summed E-state index contributed by atoms with van der Waals surface area (Å²) in [5.41, 5.74) is 0. The molecular formula is C12H22N4O2. The SMILES string of the molecule is CCNC(C)c1nnc(N2CCCCC2CO)o1. The molecule has 1 aromatic heterocycles. The number of aliphatic hydroxyl groups is 1. The van der Waals surface area contributed by atoms with Crippen LogP contribution in [-0.2, 0) is 0 Å². The first-order valence-corrected chi connectivity index (χ1v) is 6.70. The maximum atomic E-state index is 9.38. The van der Waals surface area contributed by atoms with Crippen molar-refractivity contribution in [1.29, 1.82) is 0 Å². The first-order chi connectivity index (χ1) is 8.76. The highest BCUT2D eigenvalue weighted by Gasteiger charge is 2.26. The molecule has 6 heteroatoms. The Balaban J connectivity index is 2.08. The van der Waals surface area contributed by atoms with Gasteiger partial charge in [0.2, 0.25) is 5.89 Å². The highest BCUT2D eigenvalue weighted by Crippen LogP contribution is 2.24. The molecule has 2 rings (SSSR count). The number of aliphatic hydroxyl groups excluding tert-OH is 1. The van der Waals surface area contributed by atoms with E-state index >= 15 is 0 Å². The topological polar surface area (TPSA) is 74.4 Å². The predicted molar refractivity (Wildman–Crippen MR) is 68.5 cm³/mol. The summed E-state index contributed by atoms with van der Waals surface area (Å²) in [7, 11) is 0. The second-order valence-electron chi connectivity index (χ2n) is 4.73. The molecule has 1 aliphatic heterocycles. The van der Waals surface area contributed by atoms with E-state index in [0.29, 0.717) is 11.9 Å². The Morgan fingerprint density at radius 1 is 1.50 bits per heavy atom. The lowest BCUT2D eigenvalue weighted by Crippen LogP contribution is -2.42. The number of piperidine rings is 1. The highest BCUT2D eigenvalue weighted by atomic mass is 16.4. The third kappa shape index (κ3) is 2.81. The van der Waals surface area contributed by atoms with Gasteiger partial charge in [0.15, 0.2) is 0 Å². The van der Waals surface area contributed by atoms with Gasteiger partial charge in [0.1, 0.15) is 0 Å².